The molecule has 0 atom stereocenters. The molecule has 0 aliphatic heterocycles. The highest BCUT2D eigenvalue weighted by Crippen LogP contribution is 2.12. The summed E-state index contributed by atoms with van der Waals surface area (Å²) in [5.74, 6) is 0. The van der Waals surface area contributed by atoms with E-state index in [9.17, 15) is 4.79 Å². The van der Waals surface area contributed by atoms with Crippen LogP contribution in [0.1, 0.15) is 25.0 Å². The van der Waals surface area contributed by atoms with Crippen molar-refractivity contribution in [2.24, 2.45) is 0 Å². The smallest absolute Gasteiger partial charge is 0.308 e. The molecule has 2 N–H and O–H groups in total. The first kappa shape index (κ1) is 15.8. The van der Waals surface area contributed by atoms with Crippen LogP contribution in [-0.4, -0.2) is 6.03 Å². The van der Waals surface area contributed by atoms with Gasteiger partial charge in [0.15, 0.2) is 0 Å². The standard InChI is InChI=1S/C15H16N2O.C2H6/c1-11-6-8-13(9-7-11)16-15(18)17-14-5-3-4-12(2)10-14;1-2/h3-10H,1-2H3,(H2,16,17,18);1-2H3. The van der Waals surface area contributed by atoms with Gasteiger partial charge in [0.1, 0.15) is 0 Å². The van der Waals surface area contributed by atoms with Gasteiger partial charge in [-0.05, 0) is 43.7 Å². The fraction of sp³-hybridized carbons (Fsp3) is 0.235. The first-order valence-corrected chi connectivity index (χ1v) is 6.85. The molecule has 0 saturated heterocycles. The lowest BCUT2D eigenvalue weighted by molar-refractivity contribution is 0.262. The third-order valence-corrected chi connectivity index (χ3v) is 2.59. The van der Waals surface area contributed by atoms with Crippen molar-refractivity contribution in [2.75, 3.05) is 10.6 Å². The third kappa shape index (κ3) is 5.14. The van der Waals surface area contributed by atoms with E-state index >= 15 is 0 Å². The Balaban J connectivity index is 0.000000956. The fourth-order valence-corrected chi connectivity index (χ4v) is 1.65. The Morgan fingerprint density at radius 3 is 2.00 bits per heavy atom. The van der Waals surface area contributed by atoms with Crippen LogP contribution in [0.4, 0.5) is 16.2 Å². The highest BCUT2D eigenvalue weighted by molar-refractivity contribution is 5.99. The van der Waals surface area contributed by atoms with Crippen LogP contribution in [-0.2, 0) is 0 Å². The molecule has 0 aromatic heterocycles. The number of hydrogen-bond acceptors (Lipinski definition) is 1. The maximum Gasteiger partial charge on any atom is 0.323 e. The molecular weight excluding hydrogens is 248 g/mol. The molecule has 20 heavy (non-hydrogen) atoms. The van der Waals surface area contributed by atoms with Crippen molar-refractivity contribution in [3.05, 3.63) is 59.7 Å². The number of anilines is 2. The van der Waals surface area contributed by atoms with Crippen LogP contribution in [0.25, 0.3) is 0 Å². The predicted molar refractivity (Wildman–Crippen MR) is 86.3 cm³/mol. The summed E-state index contributed by atoms with van der Waals surface area (Å²) in [7, 11) is 0. The monoisotopic (exact) mass is 270 g/mol. The lowest BCUT2D eigenvalue weighted by Gasteiger charge is -2.08. The number of carbonyl (C=O) groups excluding carboxylic acids is 1. The van der Waals surface area contributed by atoms with E-state index in [0.717, 1.165) is 16.9 Å². The topological polar surface area (TPSA) is 41.1 Å². The van der Waals surface area contributed by atoms with Crippen molar-refractivity contribution in [2.45, 2.75) is 27.7 Å². The highest BCUT2D eigenvalue weighted by atomic mass is 16.2. The van der Waals surface area contributed by atoms with Crippen LogP contribution in [0.15, 0.2) is 48.5 Å². The number of urea groups is 1. The maximum atomic E-state index is 11.8. The average molecular weight is 270 g/mol. The van der Waals surface area contributed by atoms with Gasteiger partial charge < -0.3 is 10.6 Å². The van der Waals surface area contributed by atoms with Crippen molar-refractivity contribution < 1.29 is 4.79 Å². The van der Waals surface area contributed by atoms with Crippen LogP contribution < -0.4 is 10.6 Å². The zero-order chi connectivity index (χ0) is 15.0. The zero-order valence-electron chi connectivity index (χ0n) is 12.5. The summed E-state index contributed by atoms with van der Waals surface area (Å²) >= 11 is 0. The number of rotatable bonds is 2. The van der Waals surface area contributed by atoms with Crippen LogP contribution in [0.3, 0.4) is 0 Å². The molecule has 0 bridgehead atoms. The second-order valence-corrected chi connectivity index (χ2v) is 4.31. The summed E-state index contributed by atoms with van der Waals surface area (Å²) < 4.78 is 0. The first-order chi connectivity index (χ1) is 9.63. The van der Waals surface area contributed by atoms with E-state index in [0.29, 0.717) is 0 Å². The summed E-state index contributed by atoms with van der Waals surface area (Å²) in [5.41, 5.74) is 3.85. The molecular formula is C17H22N2O. The Kier molecular flexibility index (Phi) is 6.30. The van der Waals surface area contributed by atoms with E-state index in [1.807, 2.05) is 76.2 Å². The lowest BCUT2D eigenvalue weighted by Crippen LogP contribution is -2.19. The SMILES string of the molecule is CC.Cc1ccc(NC(=O)Nc2cccc(C)c2)cc1. The normalized spacial score (nSPS) is 9.20. The summed E-state index contributed by atoms with van der Waals surface area (Å²) in [6.07, 6.45) is 0. The quantitative estimate of drug-likeness (QED) is 0.794. The number of hydrogen-bond donors (Lipinski definition) is 2. The van der Waals surface area contributed by atoms with Gasteiger partial charge in [-0.25, -0.2) is 4.79 Å². The van der Waals surface area contributed by atoms with Gasteiger partial charge in [-0.3, -0.25) is 0 Å². The molecule has 0 heterocycles. The molecule has 0 fully saturated rings. The van der Waals surface area contributed by atoms with Crippen molar-refractivity contribution in [1.82, 2.24) is 0 Å². The molecule has 3 heteroatoms. The second kappa shape index (κ2) is 8.00. The number of amides is 2. The number of nitrogens with one attached hydrogen (secondary N) is 2. The Labute approximate surface area is 121 Å². The Morgan fingerprint density at radius 1 is 0.800 bits per heavy atom. The lowest BCUT2D eigenvalue weighted by atomic mass is 10.2. The van der Waals surface area contributed by atoms with E-state index in [2.05, 4.69) is 10.6 Å². The molecule has 106 valence electrons. The third-order valence-electron chi connectivity index (χ3n) is 2.59. The largest absolute Gasteiger partial charge is 0.323 e. The van der Waals surface area contributed by atoms with Crippen molar-refractivity contribution in [3.8, 4) is 0 Å². The zero-order valence-corrected chi connectivity index (χ0v) is 12.5. The molecule has 0 saturated carbocycles. The molecule has 0 radical (unpaired) electrons. The Hall–Kier alpha value is -2.29. The fourth-order valence-electron chi connectivity index (χ4n) is 1.65. The van der Waals surface area contributed by atoms with Crippen LogP contribution in [0.2, 0.25) is 0 Å². The van der Waals surface area contributed by atoms with E-state index < -0.39 is 0 Å². The number of benzene rings is 2. The minimum Gasteiger partial charge on any atom is -0.308 e. The first-order valence-electron chi connectivity index (χ1n) is 6.85. The van der Waals surface area contributed by atoms with Crippen LogP contribution >= 0.6 is 0 Å². The molecule has 0 spiro atoms. The molecule has 0 aliphatic carbocycles. The van der Waals surface area contributed by atoms with Gasteiger partial charge in [0, 0.05) is 11.4 Å². The van der Waals surface area contributed by atoms with Gasteiger partial charge >= 0.3 is 6.03 Å². The van der Waals surface area contributed by atoms with Crippen LogP contribution in [0.5, 0.6) is 0 Å². The molecule has 2 aromatic carbocycles. The second-order valence-electron chi connectivity index (χ2n) is 4.31. The van der Waals surface area contributed by atoms with E-state index in [1.54, 1.807) is 0 Å². The molecule has 3 nitrogen and oxygen atoms in total. The summed E-state index contributed by atoms with van der Waals surface area (Å²) in [6.45, 7) is 8.00. The van der Waals surface area contributed by atoms with Gasteiger partial charge in [0.25, 0.3) is 0 Å². The molecule has 2 amide bonds. The van der Waals surface area contributed by atoms with Gasteiger partial charge in [-0.15, -0.1) is 0 Å². The minimum absolute atomic E-state index is 0.232. The van der Waals surface area contributed by atoms with Gasteiger partial charge in [0.05, 0.1) is 0 Å². The predicted octanol–water partition coefficient (Wildman–Crippen LogP) is 4.97. The van der Waals surface area contributed by atoms with E-state index in [1.165, 1.54) is 5.56 Å². The van der Waals surface area contributed by atoms with Crippen LogP contribution in [0, 0.1) is 13.8 Å². The molecule has 0 aliphatic rings. The van der Waals surface area contributed by atoms with E-state index in [4.69, 9.17) is 0 Å². The number of carbonyl (C=O) groups is 1. The summed E-state index contributed by atoms with van der Waals surface area (Å²) in [6, 6.07) is 15.1. The van der Waals surface area contributed by atoms with Crippen molar-refractivity contribution >= 4 is 17.4 Å². The Morgan fingerprint density at radius 2 is 1.40 bits per heavy atom. The summed E-state index contributed by atoms with van der Waals surface area (Å²) in [4.78, 5) is 11.8. The van der Waals surface area contributed by atoms with Gasteiger partial charge in [0.2, 0.25) is 0 Å². The average Bonchev–Trinajstić information content (AvgIpc) is 2.43. The molecule has 0 unspecified atom stereocenters. The minimum atomic E-state index is -0.232. The van der Waals surface area contributed by atoms with Gasteiger partial charge in [-0.2, -0.15) is 0 Å². The molecule has 2 aromatic rings. The van der Waals surface area contributed by atoms with E-state index in [-0.39, 0.29) is 6.03 Å². The van der Waals surface area contributed by atoms with Crippen molar-refractivity contribution in [3.63, 3.8) is 0 Å². The maximum absolute atomic E-state index is 11.8. The number of aryl methyl sites for hydroxylation is 2. The summed E-state index contributed by atoms with van der Waals surface area (Å²) in [5, 5.41) is 5.58. The van der Waals surface area contributed by atoms with Crippen molar-refractivity contribution in [1.29, 1.82) is 0 Å². The van der Waals surface area contributed by atoms with Gasteiger partial charge in [-0.1, -0.05) is 43.7 Å². The molecule has 2 rings (SSSR count). The Bertz CT molecular complexity index is 547. The highest BCUT2D eigenvalue weighted by Gasteiger charge is 2.02.